The van der Waals surface area contributed by atoms with E-state index in [9.17, 15) is 12.6 Å². The lowest BCUT2D eigenvalue weighted by Gasteiger charge is -2.54. The van der Waals surface area contributed by atoms with Gasteiger partial charge in [-0.25, -0.2) is 12.6 Å². The molecule has 0 aromatic heterocycles. The summed E-state index contributed by atoms with van der Waals surface area (Å²) in [5.74, 6) is 0.217. The lowest BCUT2D eigenvalue weighted by atomic mass is 9.69. The molecule has 3 atom stereocenters. The summed E-state index contributed by atoms with van der Waals surface area (Å²) in [7, 11) is -4.87. The van der Waals surface area contributed by atoms with Gasteiger partial charge in [-0.1, -0.05) is 17.7 Å². The van der Waals surface area contributed by atoms with E-state index < -0.39 is 21.0 Å². The molecular weight excluding hydrogens is 356 g/mol. The summed E-state index contributed by atoms with van der Waals surface area (Å²) in [5, 5.41) is 5.40. The number of hydrogen-bond donors (Lipinski definition) is 1. The Kier molecular flexibility index (Phi) is 5.40. The van der Waals surface area contributed by atoms with E-state index in [1.165, 1.54) is 0 Å². The molecule has 0 bridgehead atoms. The van der Waals surface area contributed by atoms with Crippen molar-refractivity contribution in [1.82, 2.24) is 4.31 Å². The Balaban J connectivity index is 1.86. The number of aryl methyl sites for hydroxylation is 1. The molecule has 0 radical (unpaired) electrons. The standard InChI is InChI=1S/C18H28N2O3S2/c1-14-4-6-17(7-5-14)25(22,23)20-13-16(12-15(2)24(19)21)8-11-18(20)9-3-10-18/h4-7,15-16H,3,8-13,19H2,1-2H3/t15?,16-,24?/m1/s1. The predicted octanol–water partition coefficient (Wildman–Crippen LogP) is 2.72. The maximum atomic E-state index is 13.3. The SMILES string of the molecule is Cc1ccc(S(=O)(=O)N2C[C@@H](CC(C)S(N)=O)CCC23CCC3)cc1. The molecule has 1 heterocycles. The van der Waals surface area contributed by atoms with Crippen LogP contribution < -0.4 is 5.14 Å². The fourth-order valence-corrected chi connectivity index (χ4v) is 6.54. The van der Waals surface area contributed by atoms with Crippen LogP contribution in [-0.2, 0) is 21.0 Å². The van der Waals surface area contributed by atoms with Gasteiger partial charge in [-0.2, -0.15) is 4.31 Å². The normalized spacial score (nSPS) is 26.1. The molecule has 1 spiro atoms. The van der Waals surface area contributed by atoms with E-state index in [-0.39, 0.29) is 16.7 Å². The van der Waals surface area contributed by atoms with Gasteiger partial charge in [0.15, 0.2) is 0 Å². The summed E-state index contributed by atoms with van der Waals surface area (Å²) in [4.78, 5) is 0.375. The maximum absolute atomic E-state index is 13.3. The Bertz CT molecular complexity index is 742. The van der Waals surface area contributed by atoms with Crippen molar-refractivity contribution in [3.05, 3.63) is 29.8 Å². The highest BCUT2D eigenvalue weighted by molar-refractivity contribution is 7.89. The van der Waals surface area contributed by atoms with E-state index >= 15 is 0 Å². The zero-order chi connectivity index (χ0) is 18.2. The molecule has 1 aliphatic heterocycles. The van der Waals surface area contributed by atoms with Crippen molar-refractivity contribution in [3.8, 4) is 0 Å². The second kappa shape index (κ2) is 7.10. The first kappa shape index (κ1) is 19.0. The van der Waals surface area contributed by atoms with E-state index in [1.807, 2.05) is 26.0 Å². The Morgan fingerprint density at radius 3 is 2.44 bits per heavy atom. The van der Waals surface area contributed by atoms with Crippen molar-refractivity contribution in [2.45, 2.75) is 68.1 Å². The van der Waals surface area contributed by atoms with Crippen LogP contribution >= 0.6 is 0 Å². The average Bonchev–Trinajstić information content (AvgIpc) is 2.53. The first-order valence-corrected chi connectivity index (χ1v) is 11.7. The largest absolute Gasteiger partial charge is 0.252 e. The molecular formula is C18H28N2O3S2. The minimum Gasteiger partial charge on any atom is -0.252 e. The van der Waals surface area contributed by atoms with Gasteiger partial charge in [-0.05, 0) is 70.4 Å². The van der Waals surface area contributed by atoms with Gasteiger partial charge in [0.1, 0.15) is 0 Å². The molecule has 1 aromatic rings. The van der Waals surface area contributed by atoms with Crippen molar-refractivity contribution in [2.75, 3.05) is 6.54 Å². The van der Waals surface area contributed by atoms with Gasteiger partial charge < -0.3 is 0 Å². The third-order valence-electron chi connectivity index (χ3n) is 5.93. The van der Waals surface area contributed by atoms with Crippen LogP contribution in [0.25, 0.3) is 0 Å². The summed E-state index contributed by atoms with van der Waals surface area (Å²) >= 11 is 0. The molecule has 2 unspecified atom stereocenters. The third-order valence-corrected chi connectivity index (χ3v) is 8.90. The second-order valence-corrected chi connectivity index (χ2v) is 11.0. The monoisotopic (exact) mass is 384 g/mol. The summed E-state index contributed by atoms with van der Waals surface area (Å²) in [6.45, 7) is 4.34. The van der Waals surface area contributed by atoms with Crippen molar-refractivity contribution in [2.24, 2.45) is 11.1 Å². The minimum absolute atomic E-state index is 0.107. The van der Waals surface area contributed by atoms with Gasteiger partial charge in [-0.3, -0.25) is 5.14 Å². The smallest absolute Gasteiger partial charge is 0.243 e. The highest BCUT2D eigenvalue weighted by atomic mass is 32.2. The van der Waals surface area contributed by atoms with Crippen molar-refractivity contribution < 1.29 is 12.6 Å². The Morgan fingerprint density at radius 1 is 1.28 bits per heavy atom. The van der Waals surface area contributed by atoms with Crippen molar-refractivity contribution in [3.63, 3.8) is 0 Å². The molecule has 2 N–H and O–H groups in total. The van der Waals surface area contributed by atoms with E-state index in [4.69, 9.17) is 5.14 Å². The van der Waals surface area contributed by atoms with Gasteiger partial charge in [-0.15, -0.1) is 0 Å². The van der Waals surface area contributed by atoms with Crippen LogP contribution in [0, 0.1) is 12.8 Å². The number of nitrogens with two attached hydrogens (primary N) is 1. The number of nitrogens with zero attached hydrogens (tertiary/aromatic N) is 1. The van der Waals surface area contributed by atoms with Gasteiger partial charge >= 0.3 is 0 Å². The number of hydrogen-bond acceptors (Lipinski definition) is 3. The molecule has 7 heteroatoms. The Hall–Kier alpha value is -0.760. The van der Waals surface area contributed by atoms with Crippen molar-refractivity contribution >= 4 is 21.0 Å². The van der Waals surface area contributed by atoms with Gasteiger partial charge in [0.25, 0.3) is 0 Å². The summed E-state index contributed by atoms with van der Waals surface area (Å²) in [6.07, 6.45) is 5.58. The molecule has 1 aliphatic carbocycles. The number of rotatable bonds is 5. The van der Waals surface area contributed by atoms with Gasteiger partial charge in [0, 0.05) is 17.3 Å². The molecule has 2 aliphatic rings. The van der Waals surface area contributed by atoms with E-state index in [2.05, 4.69) is 0 Å². The predicted molar refractivity (Wildman–Crippen MR) is 101 cm³/mol. The van der Waals surface area contributed by atoms with Crippen LogP contribution in [-0.4, -0.2) is 34.3 Å². The average molecular weight is 385 g/mol. The van der Waals surface area contributed by atoms with Crippen LogP contribution in [0.15, 0.2) is 29.2 Å². The summed E-state index contributed by atoms with van der Waals surface area (Å²) in [6, 6.07) is 7.11. The second-order valence-electron chi connectivity index (χ2n) is 7.71. The van der Waals surface area contributed by atoms with Crippen LogP contribution in [0.1, 0.15) is 51.0 Å². The first-order valence-electron chi connectivity index (χ1n) is 8.99. The number of piperidine rings is 1. The quantitative estimate of drug-likeness (QED) is 0.847. The van der Waals surface area contributed by atoms with Crippen molar-refractivity contribution in [1.29, 1.82) is 0 Å². The molecule has 5 nitrogen and oxygen atoms in total. The van der Waals surface area contributed by atoms with Crippen LogP contribution in [0.3, 0.4) is 0 Å². The Labute approximate surface area is 153 Å². The highest BCUT2D eigenvalue weighted by Gasteiger charge is 2.51. The lowest BCUT2D eigenvalue weighted by Crippen LogP contribution is -2.60. The summed E-state index contributed by atoms with van der Waals surface area (Å²) < 4.78 is 39.9. The molecule has 1 saturated heterocycles. The van der Waals surface area contributed by atoms with E-state index in [0.29, 0.717) is 17.9 Å². The lowest BCUT2D eigenvalue weighted by molar-refractivity contribution is 0.0249. The number of sulfonamides is 1. The van der Waals surface area contributed by atoms with E-state index in [1.54, 1.807) is 16.4 Å². The molecule has 1 saturated carbocycles. The zero-order valence-corrected chi connectivity index (χ0v) is 16.6. The van der Waals surface area contributed by atoms with Crippen LogP contribution in [0.4, 0.5) is 0 Å². The maximum Gasteiger partial charge on any atom is 0.243 e. The fraction of sp³-hybridized carbons (Fsp3) is 0.667. The topological polar surface area (TPSA) is 80.5 Å². The van der Waals surface area contributed by atoms with Gasteiger partial charge in [0.05, 0.1) is 15.9 Å². The molecule has 0 amide bonds. The number of benzene rings is 1. The van der Waals surface area contributed by atoms with Gasteiger partial charge in [0.2, 0.25) is 10.0 Å². The Morgan fingerprint density at radius 2 is 1.92 bits per heavy atom. The fourth-order valence-electron chi connectivity index (χ4n) is 4.15. The minimum atomic E-state index is -3.51. The molecule has 1 aromatic carbocycles. The molecule has 2 fully saturated rings. The first-order chi connectivity index (χ1) is 11.7. The molecule has 25 heavy (non-hydrogen) atoms. The van der Waals surface area contributed by atoms with E-state index in [0.717, 1.165) is 37.7 Å². The third kappa shape index (κ3) is 3.70. The highest BCUT2D eigenvalue weighted by Crippen LogP contribution is 2.48. The van der Waals surface area contributed by atoms with Crippen LogP contribution in [0.2, 0.25) is 0 Å². The zero-order valence-electron chi connectivity index (χ0n) is 15.0. The molecule has 3 rings (SSSR count). The van der Waals surface area contributed by atoms with Crippen LogP contribution in [0.5, 0.6) is 0 Å². The molecule has 140 valence electrons. The summed E-state index contributed by atoms with van der Waals surface area (Å²) in [5.41, 5.74) is 0.846.